The number of likely N-dealkylation sites (N-methyl/N-ethyl adjacent to an activating group) is 1. The Hall–Kier alpha value is -1.59. The van der Waals surface area contributed by atoms with Crippen molar-refractivity contribution >= 4 is 17.1 Å². The molecule has 3 rings (SSSR count). The van der Waals surface area contributed by atoms with Crippen LogP contribution in [0.15, 0.2) is 28.7 Å². The molecule has 0 saturated carbocycles. The maximum Gasteiger partial charge on any atom is 0.295 e. The van der Waals surface area contributed by atoms with Gasteiger partial charge < -0.3 is 19.4 Å². The van der Waals surface area contributed by atoms with E-state index in [-0.39, 0.29) is 12.1 Å². The van der Waals surface area contributed by atoms with Crippen molar-refractivity contribution in [2.45, 2.75) is 19.1 Å². The van der Waals surface area contributed by atoms with Gasteiger partial charge in [-0.1, -0.05) is 12.1 Å². The summed E-state index contributed by atoms with van der Waals surface area (Å²) in [5.74, 6) is 0. The Morgan fingerprint density at radius 1 is 1.42 bits per heavy atom. The molecular weight excluding hydrogens is 242 g/mol. The third-order valence-electron chi connectivity index (χ3n) is 3.50. The van der Waals surface area contributed by atoms with Crippen LogP contribution in [0.3, 0.4) is 0 Å². The quantitative estimate of drug-likeness (QED) is 0.915. The molecule has 1 saturated heterocycles. The van der Waals surface area contributed by atoms with Crippen LogP contribution < -0.4 is 5.32 Å². The van der Waals surface area contributed by atoms with Gasteiger partial charge in [-0.15, -0.1) is 0 Å². The van der Waals surface area contributed by atoms with Gasteiger partial charge in [-0.25, -0.2) is 0 Å². The molecule has 5 nitrogen and oxygen atoms in total. The normalized spacial score (nSPS) is 22.5. The summed E-state index contributed by atoms with van der Waals surface area (Å²) in [4.78, 5) is 6.70. The lowest BCUT2D eigenvalue weighted by Crippen LogP contribution is -2.47. The lowest BCUT2D eigenvalue weighted by molar-refractivity contribution is -0.0262. The first-order chi connectivity index (χ1) is 9.22. The molecule has 102 valence electrons. The highest BCUT2D eigenvalue weighted by atomic mass is 16.5. The summed E-state index contributed by atoms with van der Waals surface area (Å²) in [6.45, 7) is 4.79. The van der Waals surface area contributed by atoms with Crippen molar-refractivity contribution < 1.29 is 9.15 Å². The van der Waals surface area contributed by atoms with E-state index in [0.29, 0.717) is 6.01 Å². The van der Waals surface area contributed by atoms with Gasteiger partial charge in [0.05, 0.1) is 18.8 Å². The van der Waals surface area contributed by atoms with E-state index in [0.717, 1.165) is 30.8 Å². The van der Waals surface area contributed by atoms with Gasteiger partial charge in [0.15, 0.2) is 5.58 Å². The molecule has 1 fully saturated rings. The number of hydrogen-bond donors (Lipinski definition) is 1. The second-order valence-electron chi connectivity index (χ2n) is 5.09. The summed E-state index contributed by atoms with van der Waals surface area (Å²) in [6, 6.07) is 8.49. The number of benzene rings is 1. The van der Waals surface area contributed by atoms with E-state index in [1.54, 1.807) is 0 Å². The first kappa shape index (κ1) is 12.4. The highest BCUT2D eigenvalue weighted by Crippen LogP contribution is 2.20. The summed E-state index contributed by atoms with van der Waals surface area (Å²) >= 11 is 0. The van der Waals surface area contributed by atoms with E-state index < -0.39 is 0 Å². The number of fused-ring (bicyclic) bond motifs is 1. The van der Waals surface area contributed by atoms with Gasteiger partial charge in [-0.3, -0.25) is 0 Å². The molecule has 0 radical (unpaired) electrons. The standard InChI is InChI=1S/C14H19N3O2/c1-10(13-9-17(2)7-8-18-13)15-14-16-11-5-3-4-6-12(11)19-14/h3-6,10,13H,7-9H2,1-2H3,(H,15,16). The lowest BCUT2D eigenvalue weighted by Gasteiger charge is -2.33. The fraction of sp³-hybridized carbons (Fsp3) is 0.500. The van der Waals surface area contributed by atoms with Gasteiger partial charge >= 0.3 is 0 Å². The Kier molecular flexibility index (Phi) is 3.40. The Labute approximate surface area is 112 Å². The number of nitrogens with zero attached hydrogens (tertiary/aromatic N) is 2. The third kappa shape index (κ3) is 2.72. The number of rotatable bonds is 3. The number of para-hydroxylation sites is 2. The average molecular weight is 261 g/mol. The second kappa shape index (κ2) is 5.19. The number of nitrogens with one attached hydrogen (secondary N) is 1. The molecule has 0 spiro atoms. The van der Waals surface area contributed by atoms with E-state index in [2.05, 4.69) is 29.2 Å². The maximum atomic E-state index is 5.78. The summed E-state index contributed by atoms with van der Waals surface area (Å²) in [5.41, 5.74) is 1.68. The van der Waals surface area contributed by atoms with Crippen LogP contribution in [0.2, 0.25) is 0 Å². The number of oxazole rings is 1. The molecule has 2 unspecified atom stereocenters. The van der Waals surface area contributed by atoms with Crippen LogP contribution in [-0.4, -0.2) is 48.8 Å². The van der Waals surface area contributed by atoms with Gasteiger partial charge in [0.25, 0.3) is 6.01 Å². The van der Waals surface area contributed by atoms with Gasteiger partial charge in [0.2, 0.25) is 0 Å². The topological polar surface area (TPSA) is 50.5 Å². The minimum Gasteiger partial charge on any atom is -0.424 e. The fourth-order valence-electron chi connectivity index (χ4n) is 2.34. The van der Waals surface area contributed by atoms with Gasteiger partial charge in [0.1, 0.15) is 5.52 Å². The highest BCUT2D eigenvalue weighted by Gasteiger charge is 2.24. The maximum absolute atomic E-state index is 5.78. The SMILES string of the molecule is CC(Nc1nc2ccccc2o1)C1CN(C)CCO1. The minimum atomic E-state index is 0.161. The van der Waals surface area contributed by atoms with Crippen molar-refractivity contribution in [3.8, 4) is 0 Å². The molecule has 5 heteroatoms. The molecule has 0 amide bonds. The fourth-order valence-corrected chi connectivity index (χ4v) is 2.34. The zero-order valence-corrected chi connectivity index (χ0v) is 11.3. The number of aromatic nitrogens is 1. The van der Waals surface area contributed by atoms with Crippen molar-refractivity contribution in [1.82, 2.24) is 9.88 Å². The first-order valence-electron chi connectivity index (χ1n) is 6.64. The molecule has 1 aliphatic rings. The third-order valence-corrected chi connectivity index (χ3v) is 3.50. The van der Waals surface area contributed by atoms with E-state index in [1.165, 1.54) is 0 Å². The molecule has 0 aliphatic carbocycles. The van der Waals surface area contributed by atoms with Gasteiger partial charge in [0, 0.05) is 13.1 Å². The molecule has 2 heterocycles. The minimum absolute atomic E-state index is 0.161. The van der Waals surface area contributed by atoms with Gasteiger partial charge in [-0.05, 0) is 26.1 Å². The van der Waals surface area contributed by atoms with Crippen LogP contribution >= 0.6 is 0 Å². The molecule has 0 bridgehead atoms. The number of morpholine rings is 1. The van der Waals surface area contributed by atoms with Crippen molar-refractivity contribution in [1.29, 1.82) is 0 Å². The van der Waals surface area contributed by atoms with Crippen LogP contribution in [0, 0.1) is 0 Å². The smallest absolute Gasteiger partial charge is 0.295 e. The Balaban J connectivity index is 1.69. The van der Waals surface area contributed by atoms with E-state index in [9.17, 15) is 0 Å². The van der Waals surface area contributed by atoms with Crippen LogP contribution in [0.5, 0.6) is 0 Å². The Morgan fingerprint density at radius 3 is 3.05 bits per heavy atom. The van der Waals surface area contributed by atoms with Crippen LogP contribution in [-0.2, 0) is 4.74 Å². The average Bonchev–Trinajstić information content (AvgIpc) is 2.80. The zero-order chi connectivity index (χ0) is 13.2. The van der Waals surface area contributed by atoms with E-state index >= 15 is 0 Å². The van der Waals surface area contributed by atoms with Crippen LogP contribution in [0.4, 0.5) is 6.01 Å². The van der Waals surface area contributed by atoms with Crippen LogP contribution in [0.1, 0.15) is 6.92 Å². The molecule has 1 aromatic heterocycles. The molecule has 1 aromatic carbocycles. The monoisotopic (exact) mass is 261 g/mol. The molecule has 2 atom stereocenters. The number of hydrogen-bond acceptors (Lipinski definition) is 5. The van der Waals surface area contributed by atoms with E-state index in [4.69, 9.17) is 9.15 Å². The lowest BCUT2D eigenvalue weighted by atomic mass is 10.1. The largest absolute Gasteiger partial charge is 0.424 e. The molecule has 1 N–H and O–H groups in total. The molecule has 2 aromatic rings. The highest BCUT2D eigenvalue weighted by molar-refractivity contribution is 5.74. The second-order valence-corrected chi connectivity index (χ2v) is 5.09. The van der Waals surface area contributed by atoms with Crippen molar-refractivity contribution in [2.24, 2.45) is 0 Å². The number of ether oxygens (including phenoxy) is 1. The van der Waals surface area contributed by atoms with Gasteiger partial charge in [-0.2, -0.15) is 4.98 Å². The summed E-state index contributed by atoms with van der Waals surface area (Å²) in [6.07, 6.45) is 0.161. The summed E-state index contributed by atoms with van der Waals surface area (Å²) in [5, 5.41) is 3.29. The Bertz CT molecular complexity index is 521. The summed E-state index contributed by atoms with van der Waals surface area (Å²) < 4.78 is 11.4. The number of anilines is 1. The first-order valence-corrected chi connectivity index (χ1v) is 6.64. The molecule has 19 heavy (non-hydrogen) atoms. The predicted molar refractivity (Wildman–Crippen MR) is 74.3 cm³/mol. The van der Waals surface area contributed by atoms with Crippen molar-refractivity contribution in [2.75, 3.05) is 32.1 Å². The van der Waals surface area contributed by atoms with Crippen molar-refractivity contribution in [3.05, 3.63) is 24.3 Å². The predicted octanol–water partition coefficient (Wildman–Crippen LogP) is 1.96. The molecule has 1 aliphatic heterocycles. The van der Waals surface area contributed by atoms with Crippen molar-refractivity contribution in [3.63, 3.8) is 0 Å². The zero-order valence-electron chi connectivity index (χ0n) is 11.3. The summed E-state index contributed by atoms with van der Waals surface area (Å²) in [7, 11) is 2.11. The van der Waals surface area contributed by atoms with Crippen LogP contribution in [0.25, 0.3) is 11.1 Å². The molecular formula is C14H19N3O2. The van der Waals surface area contributed by atoms with E-state index in [1.807, 2.05) is 24.3 Å². The Morgan fingerprint density at radius 2 is 2.26 bits per heavy atom.